The number of aliphatic imine (C=N–C) groups is 1. The molecule has 0 spiro atoms. The van der Waals surface area contributed by atoms with Gasteiger partial charge in [0.05, 0.1) is 19.1 Å². The number of rotatable bonds is 11. The minimum absolute atomic E-state index is 0. The first-order valence-corrected chi connectivity index (χ1v) is 9.99. The Morgan fingerprint density at radius 3 is 2.87 bits per heavy atom. The number of halogens is 1. The molecule has 162 valence electrons. The van der Waals surface area contributed by atoms with Crippen molar-refractivity contribution >= 4 is 29.9 Å². The minimum Gasteiger partial charge on any atom is -0.467 e. The summed E-state index contributed by atoms with van der Waals surface area (Å²) in [5, 5.41) is 6.65. The average Bonchev–Trinajstić information content (AvgIpc) is 3.43. The fourth-order valence-electron chi connectivity index (χ4n) is 2.88. The smallest absolute Gasteiger partial charge is 0.191 e. The summed E-state index contributed by atoms with van der Waals surface area (Å²) in [6.07, 6.45) is 8.15. The zero-order valence-corrected chi connectivity index (χ0v) is 19.6. The van der Waals surface area contributed by atoms with Crippen molar-refractivity contribution in [2.45, 2.75) is 33.0 Å². The third-order valence-corrected chi connectivity index (χ3v) is 4.26. The van der Waals surface area contributed by atoms with Gasteiger partial charge < -0.3 is 24.4 Å². The Balaban J connectivity index is 0.00000320. The second kappa shape index (κ2) is 13.8. The standard InChI is InChI=1S/C22H29N5O2.HI/c1-2-24-22(25-9-5-12-28-17-21-8-4-13-29-21)26-15-19-6-3-7-20(14-19)16-27-11-10-23-18-27;/h3-4,6-8,10-11,13-14,18H,2,5,9,12,15-17H2,1H3,(H2,24,25,26);1H. The maximum atomic E-state index is 5.60. The molecule has 0 aliphatic carbocycles. The van der Waals surface area contributed by atoms with Gasteiger partial charge in [0.25, 0.3) is 0 Å². The molecule has 0 aliphatic heterocycles. The fraction of sp³-hybridized carbons (Fsp3) is 0.364. The monoisotopic (exact) mass is 523 g/mol. The predicted molar refractivity (Wildman–Crippen MR) is 129 cm³/mol. The van der Waals surface area contributed by atoms with E-state index >= 15 is 0 Å². The number of benzene rings is 1. The fourth-order valence-corrected chi connectivity index (χ4v) is 2.88. The number of nitrogens with zero attached hydrogens (tertiary/aromatic N) is 3. The lowest BCUT2D eigenvalue weighted by Crippen LogP contribution is -2.38. The molecule has 0 bridgehead atoms. The van der Waals surface area contributed by atoms with Gasteiger partial charge in [-0.2, -0.15) is 0 Å². The van der Waals surface area contributed by atoms with E-state index in [1.807, 2.05) is 24.7 Å². The Morgan fingerprint density at radius 1 is 1.20 bits per heavy atom. The lowest BCUT2D eigenvalue weighted by molar-refractivity contribution is 0.105. The predicted octanol–water partition coefficient (Wildman–Crippen LogP) is 3.80. The largest absolute Gasteiger partial charge is 0.467 e. The molecule has 0 saturated carbocycles. The Bertz CT molecular complexity index is 850. The number of guanidine groups is 1. The van der Waals surface area contributed by atoms with Gasteiger partial charge in [0.15, 0.2) is 5.96 Å². The highest BCUT2D eigenvalue weighted by molar-refractivity contribution is 14.0. The van der Waals surface area contributed by atoms with Crippen LogP contribution in [0.15, 0.2) is 70.8 Å². The molecule has 2 N–H and O–H groups in total. The summed E-state index contributed by atoms with van der Waals surface area (Å²) >= 11 is 0. The summed E-state index contributed by atoms with van der Waals surface area (Å²) in [6.45, 7) is 6.30. The van der Waals surface area contributed by atoms with E-state index in [1.54, 1.807) is 12.5 Å². The highest BCUT2D eigenvalue weighted by atomic mass is 127. The Labute approximate surface area is 195 Å². The van der Waals surface area contributed by atoms with Crippen molar-refractivity contribution in [3.63, 3.8) is 0 Å². The molecule has 2 aromatic heterocycles. The molecule has 0 saturated heterocycles. The molecule has 2 heterocycles. The molecule has 3 rings (SSSR count). The Hall–Kier alpha value is -2.33. The number of furan rings is 1. The summed E-state index contributed by atoms with van der Waals surface area (Å²) in [5.41, 5.74) is 2.42. The van der Waals surface area contributed by atoms with E-state index < -0.39 is 0 Å². The van der Waals surface area contributed by atoms with Crippen molar-refractivity contribution in [1.29, 1.82) is 0 Å². The SMILES string of the molecule is CCNC(=NCc1cccc(Cn2ccnc2)c1)NCCCOCc1ccco1.I. The van der Waals surface area contributed by atoms with E-state index in [0.29, 0.717) is 19.8 Å². The van der Waals surface area contributed by atoms with E-state index in [4.69, 9.17) is 14.1 Å². The van der Waals surface area contributed by atoms with Crippen LogP contribution in [0.1, 0.15) is 30.2 Å². The highest BCUT2D eigenvalue weighted by Crippen LogP contribution is 2.08. The van der Waals surface area contributed by atoms with Crippen LogP contribution in [0.4, 0.5) is 0 Å². The lowest BCUT2D eigenvalue weighted by atomic mass is 10.1. The van der Waals surface area contributed by atoms with Crippen LogP contribution >= 0.6 is 24.0 Å². The van der Waals surface area contributed by atoms with Crippen LogP contribution in [0.25, 0.3) is 0 Å². The van der Waals surface area contributed by atoms with Gasteiger partial charge in [-0.05, 0) is 36.6 Å². The average molecular weight is 523 g/mol. The molecule has 0 fully saturated rings. The molecule has 8 heteroatoms. The van der Waals surface area contributed by atoms with Crippen LogP contribution in [-0.4, -0.2) is 35.2 Å². The van der Waals surface area contributed by atoms with Crippen LogP contribution in [0.3, 0.4) is 0 Å². The molecular weight excluding hydrogens is 493 g/mol. The van der Waals surface area contributed by atoms with Crippen LogP contribution < -0.4 is 10.6 Å². The number of ether oxygens (including phenoxy) is 1. The number of hydrogen-bond acceptors (Lipinski definition) is 4. The van der Waals surface area contributed by atoms with Crippen molar-refractivity contribution in [3.8, 4) is 0 Å². The lowest BCUT2D eigenvalue weighted by Gasteiger charge is -2.11. The molecule has 30 heavy (non-hydrogen) atoms. The van der Waals surface area contributed by atoms with E-state index in [9.17, 15) is 0 Å². The second-order valence-corrected chi connectivity index (χ2v) is 6.66. The molecule has 3 aromatic rings. The summed E-state index contributed by atoms with van der Waals surface area (Å²) < 4.78 is 12.9. The molecule has 0 aliphatic rings. The van der Waals surface area contributed by atoms with Gasteiger partial charge >= 0.3 is 0 Å². The van der Waals surface area contributed by atoms with Gasteiger partial charge in [-0.25, -0.2) is 9.98 Å². The van der Waals surface area contributed by atoms with Crippen molar-refractivity contribution < 1.29 is 9.15 Å². The molecule has 7 nitrogen and oxygen atoms in total. The van der Waals surface area contributed by atoms with E-state index in [1.165, 1.54) is 11.1 Å². The molecule has 0 amide bonds. The Kier molecular flexibility index (Phi) is 11.0. The summed E-state index contributed by atoms with van der Waals surface area (Å²) in [7, 11) is 0. The van der Waals surface area contributed by atoms with Crippen LogP contribution in [0, 0.1) is 0 Å². The zero-order valence-electron chi connectivity index (χ0n) is 17.3. The highest BCUT2D eigenvalue weighted by Gasteiger charge is 2.01. The van der Waals surface area contributed by atoms with E-state index in [0.717, 1.165) is 37.8 Å². The number of nitrogens with one attached hydrogen (secondary N) is 2. The minimum atomic E-state index is 0. The number of hydrogen-bond donors (Lipinski definition) is 2. The van der Waals surface area contributed by atoms with E-state index in [2.05, 4.69) is 51.4 Å². The maximum Gasteiger partial charge on any atom is 0.191 e. The van der Waals surface area contributed by atoms with Gasteiger partial charge in [0, 0.05) is 38.6 Å². The van der Waals surface area contributed by atoms with Crippen LogP contribution in [0.2, 0.25) is 0 Å². The molecule has 0 unspecified atom stereocenters. The number of imidazole rings is 1. The van der Waals surface area contributed by atoms with Crippen LogP contribution in [-0.2, 0) is 24.4 Å². The summed E-state index contributed by atoms with van der Waals surface area (Å²) in [6, 6.07) is 12.3. The normalized spacial score (nSPS) is 11.2. The van der Waals surface area contributed by atoms with Gasteiger partial charge in [0.1, 0.15) is 12.4 Å². The first-order chi connectivity index (χ1) is 14.3. The second-order valence-electron chi connectivity index (χ2n) is 6.66. The van der Waals surface area contributed by atoms with Crippen molar-refractivity contribution in [2.24, 2.45) is 4.99 Å². The van der Waals surface area contributed by atoms with Crippen molar-refractivity contribution in [3.05, 3.63) is 78.3 Å². The van der Waals surface area contributed by atoms with Crippen LogP contribution in [0.5, 0.6) is 0 Å². The quantitative estimate of drug-likeness (QED) is 0.173. The van der Waals surface area contributed by atoms with E-state index in [-0.39, 0.29) is 24.0 Å². The summed E-state index contributed by atoms with van der Waals surface area (Å²) in [4.78, 5) is 8.79. The van der Waals surface area contributed by atoms with Crippen molar-refractivity contribution in [2.75, 3.05) is 19.7 Å². The summed E-state index contributed by atoms with van der Waals surface area (Å²) in [5.74, 6) is 1.67. The first-order valence-electron chi connectivity index (χ1n) is 9.99. The third-order valence-electron chi connectivity index (χ3n) is 4.26. The van der Waals surface area contributed by atoms with Gasteiger partial charge in [-0.3, -0.25) is 0 Å². The third kappa shape index (κ3) is 8.58. The molecule has 1 aromatic carbocycles. The number of aromatic nitrogens is 2. The first kappa shape index (κ1) is 23.9. The van der Waals surface area contributed by atoms with Gasteiger partial charge in [-0.1, -0.05) is 24.3 Å². The molecular formula is C22H30IN5O2. The molecule has 0 atom stereocenters. The van der Waals surface area contributed by atoms with Gasteiger partial charge in [-0.15, -0.1) is 24.0 Å². The Morgan fingerprint density at radius 2 is 2.10 bits per heavy atom. The van der Waals surface area contributed by atoms with Gasteiger partial charge in [0.2, 0.25) is 0 Å². The molecule has 0 radical (unpaired) electrons. The topological polar surface area (TPSA) is 76.6 Å². The van der Waals surface area contributed by atoms with Crippen molar-refractivity contribution in [1.82, 2.24) is 20.2 Å². The zero-order chi connectivity index (χ0) is 20.2. The maximum absolute atomic E-state index is 5.60.